The van der Waals surface area contributed by atoms with Gasteiger partial charge in [-0.3, -0.25) is 4.79 Å². The van der Waals surface area contributed by atoms with Crippen molar-refractivity contribution in [2.45, 2.75) is 11.3 Å². The molecule has 0 atom stereocenters. The van der Waals surface area contributed by atoms with Crippen molar-refractivity contribution in [2.75, 3.05) is 11.1 Å². The number of para-hydroxylation sites is 2. The first-order valence-corrected chi connectivity index (χ1v) is 10.5. The summed E-state index contributed by atoms with van der Waals surface area (Å²) in [5.74, 6) is 0.770. The molecule has 4 rings (SSSR count). The van der Waals surface area contributed by atoms with Crippen LogP contribution in [0.15, 0.2) is 83.8 Å². The number of hydrogen-bond acceptors (Lipinski definition) is 4. The Morgan fingerprint density at radius 1 is 0.926 bits per heavy atom. The van der Waals surface area contributed by atoms with Crippen molar-refractivity contribution < 1.29 is 4.79 Å². The van der Waals surface area contributed by atoms with Crippen LogP contribution in [-0.2, 0) is 4.79 Å². The molecule has 1 aromatic heterocycles. The van der Waals surface area contributed by atoms with E-state index in [2.05, 4.69) is 23.5 Å². The lowest BCUT2D eigenvalue weighted by Gasteiger charge is -2.09. The summed E-state index contributed by atoms with van der Waals surface area (Å²) < 4.78 is 1.15. The van der Waals surface area contributed by atoms with Gasteiger partial charge in [-0.2, -0.15) is 0 Å². The van der Waals surface area contributed by atoms with Crippen LogP contribution in [0.4, 0.5) is 5.69 Å². The van der Waals surface area contributed by atoms with Gasteiger partial charge in [0.2, 0.25) is 5.91 Å². The lowest BCUT2D eigenvalue weighted by Crippen LogP contribution is -2.12. The quantitative estimate of drug-likeness (QED) is 0.405. The number of carbonyl (C=O) groups is 1. The highest BCUT2D eigenvalue weighted by Crippen LogP contribution is 2.34. The van der Waals surface area contributed by atoms with Crippen molar-refractivity contribution in [3.8, 4) is 10.6 Å². The molecule has 5 heteroatoms. The van der Waals surface area contributed by atoms with Crippen LogP contribution in [0.25, 0.3) is 20.8 Å². The highest BCUT2D eigenvalue weighted by molar-refractivity contribution is 7.99. The van der Waals surface area contributed by atoms with Gasteiger partial charge in [0.1, 0.15) is 5.01 Å². The number of hydrogen-bond donors (Lipinski definition) is 1. The summed E-state index contributed by atoms with van der Waals surface area (Å²) in [6, 6.07) is 26.1. The number of nitrogens with zero attached hydrogens (tertiary/aromatic N) is 1. The molecule has 0 fully saturated rings. The second kappa shape index (κ2) is 8.37. The van der Waals surface area contributed by atoms with E-state index in [0.29, 0.717) is 6.42 Å². The van der Waals surface area contributed by atoms with Crippen LogP contribution in [0.2, 0.25) is 0 Å². The molecule has 0 radical (unpaired) electrons. The molecule has 4 aromatic rings. The highest BCUT2D eigenvalue weighted by atomic mass is 32.2. The molecule has 0 aliphatic rings. The Labute approximate surface area is 166 Å². The molecule has 1 heterocycles. The Hall–Kier alpha value is -2.63. The van der Waals surface area contributed by atoms with E-state index in [-0.39, 0.29) is 5.91 Å². The van der Waals surface area contributed by atoms with Gasteiger partial charge in [-0.1, -0.05) is 42.5 Å². The maximum Gasteiger partial charge on any atom is 0.225 e. The van der Waals surface area contributed by atoms with E-state index in [4.69, 9.17) is 4.98 Å². The maximum absolute atomic E-state index is 12.4. The van der Waals surface area contributed by atoms with Gasteiger partial charge >= 0.3 is 0 Å². The molecule has 3 aromatic carbocycles. The molecule has 0 aliphatic carbocycles. The zero-order chi connectivity index (χ0) is 18.5. The number of nitrogens with one attached hydrogen (secondary N) is 1. The second-order valence-corrected chi connectivity index (χ2v) is 8.19. The fourth-order valence-electron chi connectivity index (χ4n) is 2.76. The summed E-state index contributed by atoms with van der Waals surface area (Å²) in [6.07, 6.45) is 0.466. The predicted molar refractivity (Wildman–Crippen MR) is 115 cm³/mol. The monoisotopic (exact) mass is 390 g/mol. The minimum absolute atomic E-state index is 0.0204. The van der Waals surface area contributed by atoms with Crippen LogP contribution in [0.1, 0.15) is 6.42 Å². The van der Waals surface area contributed by atoms with E-state index >= 15 is 0 Å². The van der Waals surface area contributed by atoms with Gasteiger partial charge in [-0.15, -0.1) is 23.1 Å². The number of aromatic nitrogens is 1. The van der Waals surface area contributed by atoms with Gasteiger partial charge in [0, 0.05) is 22.6 Å². The molecule has 1 N–H and O–H groups in total. The normalized spacial score (nSPS) is 10.8. The van der Waals surface area contributed by atoms with E-state index < -0.39 is 0 Å². The molecular formula is C22H18N2OS2. The van der Waals surface area contributed by atoms with Crippen LogP contribution in [0.5, 0.6) is 0 Å². The van der Waals surface area contributed by atoms with Crippen molar-refractivity contribution in [3.63, 3.8) is 0 Å². The Bertz CT molecular complexity index is 1030. The van der Waals surface area contributed by atoms with E-state index in [9.17, 15) is 4.79 Å². The van der Waals surface area contributed by atoms with Crippen molar-refractivity contribution in [3.05, 3.63) is 78.9 Å². The SMILES string of the molecule is O=C(CCSc1ccccc1)Nc1ccccc1-c1nc2ccccc2s1. The van der Waals surface area contributed by atoms with E-state index in [1.165, 1.54) is 4.90 Å². The topological polar surface area (TPSA) is 42.0 Å². The zero-order valence-corrected chi connectivity index (χ0v) is 16.2. The number of amides is 1. The van der Waals surface area contributed by atoms with Gasteiger partial charge in [-0.05, 0) is 36.4 Å². The molecule has 0 saturated heterocycles. The first-order valence-electron chi connectivity index (χ1n) is 8.72. The fourth-order valence-corrected chi connectivity index (χ4v) is 4.63. The predicted octanol–water partition coefficient (Wildman–Crippen LogP) is 6.08. The average molecular weight is 391 g/mol. The molecule has 0 bridgehead atoms. The molecule has 0 aliphatic heterocycles. The summed E-state index contributed by atoms with van der Waals surface area (Å²) in [7, 11) is 0. The van der Waals surface area contributed by atoms with Gasteiger partial charge in [0.05, 0.1) is 15.9 Å². The zero-order valence-electron chi connectivity index (χ0n) is 14.6. The number of anilines is 1. The first kappa shape index (κ1) is 17.8. The Morgan fingerprint density at radius 2 is 1.67 bits per heavy atom. The second-order valence-electron chi connectivity index (χ2n) is 5.99. The lowest BCUT2D eigenvalue weighted by atomic mass is 10.2. The third kappa shape index (κ3) is 4.38. The Morgan fingerprint density at radius 3 is 2.52 bits per heavy atom. The van der Waals surface area contributed by atoms with Crippen molar-refractivity contribution in [1.29, 1.82) is 0 Å². The van der Waals surface area contributed by atoms with Crippen molar-refractivity contribution >= 4 is 44.9 Å². The molecule has 1 amide bonds. The maximum atomic E-state index is 12.4. The number of rotatable bonds is 6. The third-order valence-electron chi connectivity index (χ3n) is 4.07. The molecule has 27 heavy (non-hydrogen) atoms. The van der Waals surface area contributed by atoms with Gasteiger partial charge in [0.15, 0.2) is 0 Å². The smallest absolute Gasteiger partial charge is 0.225 e. The van der Waals surface area contributed by atoms with Gasteiger partial charge < -0.3 is 5.32 Å². The average Bonchev–Trinajstić information content (AvgIpc) is 3.13. The third-order valence-corrected chi connectivity index (χ3v) is 6.15. The van der Waals surface area contributed by atoms with Crippen molar-refractivity contribution in [2.24, 2.45) is 0 Å². The number of carbonyl (C=O) groups excluding carboxylic acids is 1. The fraction of sp³-hybridized carbons (Fsp3) is 0.0909. The number of fused-ring (bicyclic) bond motifs is 1. The summed E-state index contributed by atoms with van der Waals surface area (Å²) >= 11 is 3.33. The van der Waals surface area contributed by atoms with Crippen LogP contribution < -0.4 is 5.32 Å². The number of thioether (sulfide) groups is 1. The molecule has 134 valence electrons. The Kier molecular flexibility index (Phi) is 5.51. The number of benzene rings is 3. The van der Waals surface area contributed by atoms with E-state index in [1.807, 2.05) is 60.7 Å². The first-order chi connectivity index (χ1) is 13.3. The van der Waals surface area contributed by atoms with E-state index in [1.54, 1.807) is 23.1 Å². The van der Waals surface area contributed by atoms with E-state index in [0.717, 1.165) is 32.2 Å². The minimum Gasteiger partial charge on any atom is -0.325 e. The van der Waals surface area contributed by atoms with Crippen LogP contribution in [-0.4, -0.2) is 16.6 Å². The summed E-state index contributed by atoms with van der Waals surface area (Å²) in [5, 5.41) is 3.98. The van der Waals surface area contributed by atoms with Crippen LogP contribution in [0, 0.1) is 0 Å². The highest BCUT2D eigenvalue weighted by Gasteiger charge is 2.12. The lowest BCUT2D eigenvalue weighted by molar-refractivity contribution is -0.115. The molecular weight excluding hydrogens is 372 g/mol. The minimum atomic E-state index is 0.0204. The van der Waals surface area contributed by atoms with Crippen LogP contribution >= 0.6 is 23.1 Å². The molecule has 3 nitrogen and oxygen atoms in total. The standard InChI is InChI=1S/C22H18N2OS2/c25-21(14-15-26-16-8-2-1-3-9-16)23-18-11-5-4-10-17(18)22-24-19-12-6-7-13-20(19)27-22/h1-13H,14-15H2,(H,23,25). The molecule has 0 spiro atoms. The summed E-state index contributed by atoms with van der Waals surface area (Å²) in [4.78, 5) is 18.3. The van der Waals surface area contributed by atoms with Gasteiger partial charge in [0.25, 0.3) is 0 Å². The summed E-state index contributed by atoms with van der Waals surface area (Å²) in [6.45, 7) is 0. The number of thiazole rings is 1. The van der Waals surface area contributed by atoms with Gasteiger partial charge in [-0.25, -0.2) is 4.98 Å². The largest absolute Gasteiger partial charge is 0.325 e. The Balaban J connectivity index is 1.45. The summed E-state index contributed by atoms with van der Waals surface area (Å²) in [5.41, 5.74) is 2.76. The van der Waals surface area contributed by atoms with Crippen molar-refractivity contribution in [1.82, 2.24) is 4.98 Å². The van der Waals surface area contributed by atoms with Crippen LogP contribution in [0.3, 0.4) is 0 Å². The molecule has 0 saturated carbocycles. The molecule has 0 unspecified atom stereocenters.